The second-order valence-corrected chi connectivity index (χ2v) is 6.07. The Kier molecular flexibility index (Phi) is 5.49. The van der Waals surface area contributed by atoms with Crippen molar-refractivity contribution < 1.29 is 9.53 Å². The van der Waals surface area contributed by atoms with Crippen LogP contribution in [0.2, 0.25) is 0 Å². The molecule has 3 heterocycles. The summed E-state index contributed by atoms with van der Waals surface area (Å²) in [7, 11) is 0. The molecule has 0 saturated carbocycles. The van der Waals surface area contributed by atoms with Gasteiger partial charge in [-0.25, -0.2) is 14.2 Å². The molecule has 3 rings (SSSR count). The van der Waals surface area contributed by atoms with E-state index < -0.39 is 0 Å². The van der Waals surface area contributed by atoms with Gasteiger partial charge in [0.2, 0.25) is 0 Å². The van der Waals surface area contributed by atoms with Gasteiger partial charge in [-0.15, -0.1) is 5.10 Å². The topological polar surface area (TPSA) is 113 Å². The van der Waals surface area contributed by atoms with Crippen LogP contribution in [0.1, 0.15) is 49.0 Å². The monoisotopic (exact) mass is 358 g/mol. The predicted octanol–water partition coefficient (Wildman–Crippen LogP) is 1.20. The van der Waals surface area contributed by atoms with E-state index in [0.717, 1.165) is 36.3 Å². The van der Waals surface area contributed by atoms with Crippen molar-refractivity contribution in [1.82, 2.24) is 39.8 Å². The van der Waals surface area contributed by atoms with Crippen molar-refractivity contribution in [2.24, 2.45) is 0 Å². The van der Waals surface area contributed by atoms with Crippen LogP contribution in [0.25, 0.3) is 5.78 Å². The predicted molar refractivity (Wildman–Crippen MR) is 91.1 cm³/mol. The Labute approximate surface area is 150 Å². The van der Waals surface area contributed by atoms with Gasteiger partial charge >= 0.3 is 5.97 Å². The second-order valence-electron chi connectivity index (χ2n) is 6.07. The maximum Gasteiger partial charge on any atom is 0.306 e. The molecule has 0 atom stereocenters. The number of carbonyl (C=O) groups excluding carboxylic acids is 1. The Morgan fingerprint density at radius 3 is 2.96 bits per heavy atom. The lowest BCUT2D eigenvalue weighted by Gasteiger charge is -2.10. The Balaban J connectivity index is 1.57. The first-order valence-corrected chi connectivity index (χ1v) is 8.66. The number of hydrogen-bond acceptors (Lipinski definition) is 8. The van der Waals surface area contributed by atoms with E-state index >= 15 is 0 Å². The van der Waals surface area contributed by atoms with Crippen molar-refractivity contribution in [2.75, 3.05) is 0 Å². The van der Waals surface area contributed by atoms with E-state index in [1.807, 2.05) is 13.8 Å². The van der Waals surface area contributed by atoms with Crippen molar-refractivity contribution in [1.29, 1.82) is 0 Å². The van der Waals surface area contributed by atoms with Crippen LogP contribution < -0.4 is 0 Å². The number of aryl methyl sites for hydroxylation is 3. The molecule has 0 unspecified atom stereocenters. The summed E-state index contributed by atoms with van der Waals surface area (Å²) in [6, 6.07) is 0. The minimum atomic E-state index is -0.299. The molecule has 0 aliphatic carbocycles. The third-order valence-electron chi connectivity index (χ3n) is 4.26. The lowest BCUT2D eigenvalue weighted by atomic mass is 10.1. The molecule has 0 aromatic carbocycles. The summed E-state index contributed by atoms with van der Waals surface area (Å²) in [6.45, 7) is 6.74. The summed E-state index contributed by atoms with van der Waals surface area (Å²) in [6.07, 6.45) is 4.26. The van der Waals surface area contributed by atoms with Crippen LogP contribution in [-0.2, 0) is 29.1 Å². The molecule has 0 N–H and O–H groups in total. The van der Waals surface area contributed by atoms with Crippen molar-refractivity contribution >= 4 is 11.7 Å². The van der Waals surface area contributed by atoms with Crippen LogP contribution in [-0.4, -0.2) is 45.8 Å². The minimum Gasteiger partial charge on any atom is -0.457 e. The number of tetrazole rings is 1. The van der Waals surface area contributed by atoms with Gasteiger partial charge in [0.25, 0.3) is 5.78 Å². The Hall–Kier alpha value is -2.91. The number of unbranched alkanes of at least 4 members (excludes halogenated alkanes) is 1. The lowest BCUT2D eigenvalue weighted by Crippen LogP contribution is -2.13. The van der Waals surface area contributed by atoms with Crippen molar-refractivity contribution in [3.05, 3.63) is 29.1 Å². The number of esters is 1. The molecule has 0 bridgehead atoms. The number of fused-ring (bicyclic) bond motifs is 1. The van der Waals surface area contributed by atoms with E-state index in [4.69, 9.17) is 4.74 Å². The van der Waals surface area contributed by atoms with Gasteiger partial charge in [-0.1, -0.05) is 13.3 Å². The zero-order chi connectivity index (χ0) is 18.5. The van der Waals surface area contributed by atoms with Crippen LogP contribution >= 0.6 is 0 Å². The summed E-state index contributed by atoms with van der Waals surface area (Å²) in [4.78, 5) is 20.6. The van der Waals surface area contributed by atoms with Crippen molar-refractivity contribution in [3.63, 3.8) is 0 Å². The molecule has 3 aromatic heterocycles. The molecule has 26 heavy (non-hydrogen) atoms. The minimum absolute atomic E-state index is 0.0773. The van der Waals surface area contributed by atoms with Crippen LogP contribution in [0.3, 0.4) is 0 Å². The molecule has 0 fully saturated rings. The summed E-state index contributed by atoms with van der Waals surface area (Å²) < 4.78 is 8.67. The van der Waals surface area contributed by atoms with Crippen LogP contribution in [0.5, 0.6) is 0 Å². The summed E-state index contributed by atoms with van der Waals surface area (Å²) in [5.41, 5.74) is 2.76. The quantitative estimate of drug-likeness (QED) is 0.552. The SMILES string of the molecule is CCCCn1nnnc1COC(=O)CCc1c(C)nc2ncnn2c1C. The highest BCUT2D eigenvalue weighted by Gasteiger charge is 2.14. The Morgan fingerprint density at radius 1 is 1.31 bits per heavy atom. The highest BCUT2D eigenvalue weighted by atomic mass is 16.5. The molecule has 0 aliphatic heterocycles. The molecule has 0 amide bonds. The van der Waals surface area contributed by atoms with E-state index in [9.17, 15) is 4.79 Å². The Morgan fingerprint density at radius 2 is 2.15 bits per heavy atom. The molecule has 138 valence electrons. The summed E-state index contributed by atoms with van der Waals surface area (Å²) >= 11 is 0. The van der Waals surface area contributed by atoms with Gasteiger partial charge in [0.15, 0.2) is 12.4 Å². The van der Waals surface area contributed by atoms with Gasteiger partial charge in [0.05, 0.1) is 0 Å². The fourth-order valence-electron chi connectivity index (χ4n) is 2.77. The van der Waals surface area contributed by atoms with E-state index in [1.54, 1.807) is 9.20 Å². The molecule has 10 nitrogen and oxygen atoms in total. The zero-order valence-electron chi connectivity index (χ0n) is 15.2. The molecule has 3 aromatic rings. The van der Waals surface area contributed by atoms with E-state index in [2.05, 4.69) is 37.5 Å². The molecule has 10 heteroatoms. The molecular formula is C16H22N8O2. The smallest absolute Gasteiger partial charge is 0.306 e. The highest BCUT2D eigenvalue weighted by Crippen LogP contribution is 2.15. The van der Waals surface area contributed by atoms with Crippen LogP contribution in [0.4, 0.5) is 0 Å². The average Bonchev–Trinajstić information content (AvgIpc) is 3.26. The van der Waals surface area contributed by atoms with Crippen molar-refractivity contribution in [3.8, 4) is 0 Å². The van der Waals surface area contributed by atoms with E-state index in [0.29, 0.717) is 18.0 Å². The lowest BCUT2D eigenvalue weighted by molar-refractivity contribution is -0.145. The second kappa shape index (κ2) is 7.98. The highest BCUT2D eigenvalue weighted by molar-refractivity contribution is 5.69. The molecule has 0 radical (unpaired) electrons. The summed E-state index contributed by atoms with van der Waals surface area (Å²) in [5, 5.41) is 15.6. The third kappa shape index (κ3) is 3.84. The molecule has 0 aliphatic rings. The number of hydrogen-bond donors (Lipinski definition) is 0. The number of carbonyl (C=O) groups is 1. The largest absolute Gasteiger partial charge is 0.457 e. The van der Waals surface area contributed by atoms with Gasteiger partial charge in [0, 0.05) is 24.4 Å². The molecule has 0 spiro atoms. The first-order chi connectivity index (χ1) is 12.6. The number of nitrogens with zero attached hydrogens (tertiary/aromatic N) is 8. The van der Waals surface area contributed by atoms with Crippen LogP contribution in [0.15, 0.2) is 6.33 Å². The van der Waals surface area contributed by atoms with Gasteiger partial charge in [-0.05, 0) is 42.7 Å². The van der Waals surface area contributed by atoms with E-state index in [-0.39, 0.29) is 19.0 Å². The van der Waals surface area contributed by atoms with E-state index in [1.165, 1.54) is 6.33 Å². The van der Waals surface area contributed by atoms with Gasteiger partial charge in [-0.3, -0.25) is 4.79 Å². The number of rotatable bonds is 8. The normalized spacial score (nSPS) is 11.2. The fourth-order valence-corrected chi connectivity index (χ4v) is 2.77. The maximum atomic E-state index is 12.1. The van der Waals surface area contributed by atoms with Gasteiger partial charge < -0.3 is 4.74 Å². The first-order valence-electron chi connectivity index (χ1n) is 8.66. The van der Waals surface area contributed by atoms with Gasteiger partial charge in [0.1, 0.15) is 6.33 Å². The van der Waals surface area contributed by atoms with Crippen LogP contribution in [0, 0.1) is 13.8 Å². The molecule has 0 saturated heterocycles. The summed E-state index contributed by atoms with van der Waals surface area (Å²) in [5.74, 6) is 0.822. The average molecular weight is 358 g/mol. The zero-order valence-corrected chi connectivity index (χ0v) is 15.2. The third-order valence-corrected chi connectivity index (χ3v) is 4.26. The fraction of sp³-hybridized carbons (Fsp3) is 0.562. The number of ether oxygens (including phenoxy) is 1. The first kappa shape index (κ1) is 17.9. The molecular weight excluding hydrogens is 336 g/mol. The van der Waals surface area contributed by atoms with Crippen molar-refractivity contribution in [2.45, 2.75) is 59.6 Å². The number of aromatic nitrogens is 8. The Bertz CT molecular complexity index is 901. The standard InChI is InChI=1S/C16H22N8O2/c1-4-5-8-23-14(20-21-22-23)9-26-15(25)7-6-13-11(2)19-16-17-10-18-24(16)12(13)3/h10H,4-9H2,1-3H3. The maximum absolute atomic E-state index is 12.1. The van der Waals surface area contributed by atoms with Gasteiger partial charge in [-0.2, -0.15) is 10.1 Å².